The summed E-state index contributed by atoms with van der Waals surface area (Å²) in [6.45, 7) is 7.49. The molecule has 0 amide bonds. The molecule has 4 aliphatic rings. The first kappa shape index (κ1) is 30.8. The van der Waals surface area contributed by atoms with Crippen LogP contribution in [0.15, 0.2) is 97.3 Å². The van der Waals surface area contributed by atoms with Crippen LogP contribution in [0.4, 0.5) is 0 Å². The number of pyridine rings is 2. The Morgan fingerprint density at radius 3 is 1.71 bits per heavy atom. The number of rotatable bonds is 6. The fourth-order valence-corrected chi connectivity index (χ4v) is 11.6. The zero-order valence-corrected chi connectivity index (χ0v) is 27.8. The first-order valence-corrected chi connectivity index (χ1v) is 17.2. The Balaban J connectivity index is 0.000000510. The van der Waals surface area contributed by atoms with Crippen LogP contribution < -0.4 is 10.9 Å². The summed E-state index contributed by atoms with van der Waals surface area (Å²) in [6.07, 6.45) is 13.6. The minimum atomic E-state index is -0.665. The molecule has 0 saturated heterocycles. The smallest absolute Gasteiger partial charge is 0.0694 e. The zero-order chi connectivity index (χ0) is 27.8. The van der Waals surface area contributed by atoms with E-state index in [2.05, 4.69) is 72.5 Å². The van der Waals surface area contributed by atoms with Crippen molar-refractivity contribution in [1.82, 2.24) is 9.97 Å². The predicted octanol–water partition coefficient (Wildman–Crippen LogP) is 8.56. The van der Waals surface area contributed by atoms with E-state index in [4.69, 9.17) is 9.97 Å². The molecule has 4 saturated carbocycles. The summed E-state index contributed by atoms with van der Waals surface area (Å²) in [5.41, 5.74) is 5.99. The topological polar surface area (TPSA) is 25.8 Å². The molecule has 4 aliphatic carbocycles. The van der Waals surface area contributed by atoms with E-state index in [1.165, 1.54) is 55.0 Å². The summed E-state index contributed by atoms with van der Waals surface area (Å²) in [4.78, 5) is 9.63. The van der Waals surface area contributed by atoms with E-state index in [-0.39, 0.29) is 27.6 Å². The molecule has 222 valence electrons. The molecular weight excluding hydrogens is 578 g/mol. The monoisotopic (exact) mass is 622 g/mol. The molecule has 2 atom stereocenters. The SMILES string of the molecule is CC(C)(C)C(P)([c-]1cccc1CP(c1ccccn1)c1ccccn1)C12CC3CC(CC(C3)C1)C2.[Fe].[cH-]1[cH-][cH-][cH-][cH-]1. The molecule has 41 heavy (non-hydrogen) atoms. The summed E-state index contributed by atoms with van der Waals surface area (Å²) >= 11 is 0. The average molecular weight is 623 g/mol. The summed E-state index contributed by atoms with van der Waals surface area (Å²) < 4.78 is 0. The molecule has 5 heteroatoms. The molecular formula is C36H44FeN2P2-6. The Labute approximate surface area is 261 Å². The Morgan fingerprint density at radius 1 is 0.805 bits per heavy atom. The maximum absolute atomic E-state index is 4.81. The van der Waals surface area contributed by atoms with Gasteiger partial charge in [-0.25, -0.2) is 12.1 Å². The van der Waals surface area contributed by atoms with Gasteiger partial charge in [0, 0.05) is 29.5 Å². The van der Waals surface area contributed by atoms with Crippen LogP contribution in [0.3, 0.4) is 0 Å². The first-order valence-electron chi connectivity index (χ1n) is 15.1. The molecule has 8 rings (SSSR count). The van der Waals surface area contributed by atoms with Gasteiger partial charge in [0.2, 0.25) is 0 Å². The minimum Gasteiger partial charge on any atom is -0.748 e. The van der Waals surface area contributed by atoms with Gasteiger partial charge in [0.25, 0.3) is 0 Å². The molecule has 2 aromatic heterocycles. The molecule has 4 fully saturated rings. The molecule has 4 bridgehead atoms. The van der Waals surface area contributed by atoms with Crippen molar-refractivity contribution >= 4 is 28.0 Å². The third kappa shape index (κ3) is 5.95. The summed E-state index contributed by atoms with van der Waals surface area (Å²) in [6, 6.07) is 29.9. The van der Waals surface area contributed by atoms with Gasteiger partial charge in [-0.05, 0) is 111 Å². The van der Waals surface area contributed by atoms with Crippen LogP contribution in [0.25, 0.3) is 0 Å². The number of hydrogen-bond donors (Lipinski definition) is 0. The molecule has 2 heterocycles. The van der Waals surface area contributed by atoms with Crippen LogP contribution in [-0.4, -0.2) is 9.97 Å². The van der Waals surface area contributed by atoms with Gasteiger partial charge in [0.05, 0.1) is 10.9 Å². The van der Waals surface area contributed by atoms with E-state index < -0.39 is 7.92 Å². The van der Waals surface area contributed by atoms with Crippen molar-refractivity contribution in [1.29, 1.82) is 0 Å². The molecule has 2 aromatic carbocycles. The maximum Gasteiger partial charge on any atom is 0.0694 e. The third-order valence-electron chi connectivity index (χ3n) is 10.1. The molecule has 0 radical (unpaired) electrons. The van der Waals surface area contributed by atoms with Crippen molar-refractivity contribution in [3.8, 4) is 0 Å². The first-order chi connectivity index (χ1) is 19.3. The number of aromatic nitrogens is 2. The average Bonchev–Trinajstić information content (AvgIpc) is 3.67. The van der Waals surface area contributed by atoms with Gasteiger partial charge in [-0.2, -0.15) is 11.6 Å². The van der Waals surface area contributed by atoms with Crippen LogP contribution in [0.2, 0.25) is 0 Å². The van der Waals surface area contributed by atoms with E-state index in [1.54, 1.807) is 5.56 Å². The second-order valence-corrected chi connectivity index (χ2v) is 16.6. The Bertz CT molecular complexity index is 1270. The van der Waals surface area contributed by atoms with Crippen molar-refractivity contribution in [3.63, 3.8) is 0 Å². The zero-order valence-electron chi connectivity index (χ0n) is 24.7. The molecule has 0 aliphatic heterocycles. The van der Waals surface area contributed by atoms with E-state index >= 15 is 0 Å². The van der Waals surface area contributed by atoms with Crippen molar-refractivity contribution in [2.45, 2.75) is 70.6 Å². The second kappa shape index (κ2) is 12.5. The second-order valence-electron chi connectivity index (χ2n) is 13.6. The Morgan fingerprint density at radius 2 is 1.29 bits per heavy atom. The third-order valence-corrected chi connectivity index (χ3v) is 14.2. The van der Waals surface area contributed by atoms with Gasteiger partial charge in [0.15, 0.2) is 0 Å². The Kier molecular flexibility index (Phi) is 9.43. The van der Waals surface area contributed by atoms with Crippen molar-refractivity contribution in [2.24, 2.45) is 28.6 Å². The van der Waals surface area contributed by atoms with Gasteiger partial charge >= 0.3 is 0 Å². The number of hydrogen-bond acceptors (Lipinski definition) is 2. The van der Waals surface area contributed by atoms with Crippen LogP contribution in [-0.2, 0) is 28.4 Å². The molecule has 4 aromatic rings. The quantitative estimate of drug-likeness (QED) is 0.122. The minimum absolute atomic E-state index is 0. The van der Waals surface area contributed by atoms with E-state index in [0.29, 0.717) is 5.41 Å². The standard InChI is InChI=1S/C31H39N2P2.C5H5.Fe/c1-29(2,3)31(34,30-18-22-15-23(19-30)17-24(16-22)20-30)26-10-8-9-25(26)21-35(27-11-4-6-13-32-27)28-12-5-7-14-33-28;1-2-4-5-3-1;/h4-14,22-24H,15-21,34H2,1-3H3;1-5H;/q-1;-5;. The van der Waals surface area contributed by atoms with Gasteiger partial charge in [-0.15, -0.1) is 14.8 Å². The maximum atomic E-state index is 4.81. The molecule has 2 unspecified atom stereocenters. The Hall–Kier alpha value is -1.62. The largest absolute Gasteiger partial charge is 0.748 e. The summed E-state index contributed by atoms with van der Waals surface area (Å²) in [7, 11) is 2.86. The fraction of sp³-hybridized carbons (Fsp3) is 0.444. The van der Waals surface area contributed by atoms with Crippen molar-refractivity contribution in [3.05, 3.63) is 108 Å². The van der Waals surface area contributed by atoms with Gasteiger partial charge in [0.1, 0.15) is 0 Å². The summed E-state index contributed by atoms with van der Waals surface area (Å²) in [5, 5.41) is 0.0735. The predicted molar refractivity (Wildman–Crippen MR) is 174 cm³/mol. The van der Waals surface area contributed by atoms with Crippen LogP contribution in [0.1, 0.15) is 70.4 Å². The van der Waals surface area contributed by atoms with Crippen molar-refractivity contribution < 1.29 is 17.1 Å². The molecule has 2 nitrogen and oxygen atoms in total. The molecule has 0 spiro atoms. The van der Waals surface area contributed by atoms with Crippen LogP contribution in [0, 0.1) is 28.6 Å². The molecule has 0 N–H and O–H groups in total. The van der Waals surface area contributed by atoms with Crippen molar-refractivity contribution in [2.75, 3.05) is 0 Å². The summed E-state index contributed by atoms with van der Waals surface area (Å²) in [5.74, 6) is 2.84. The van der Waals surface area contributed by atoms with Gasteiger partial charge < -0.3 is 30.3 Å². The van der Waals surface area contributed by atoms with Crippen LogP contribution >= 0.6 is 17.2 Å². The fourth-order valence-electron chi connectivity index (χ4n) is 8.86. The van der Waals surface area contributed by atoms with E-state index in [0.717, 1.165) is 23.9 Å². The number of nitrogens with zero attached hydrogens (tertiary/aromatic N) is 2. The van der Waals surface area contributed by atoms with E-state index in [1.807, 2.05) is 54.9 Å². The van der Waals surface area contributed by atoms with E-state index in [9.17, 15) is 0 Å². The normalized spacial score (nSPS) is 26.1. The van der Waals surface area contributed by atoms with Gasteiger partial charge in [-0.1, -0.05) is 32.9 Å². The van der Waals surface area contributed by atoms with Crippen LogP contribution in [0.5, 0.6) is 0 Å². The van der Waals surface area contributed by atoms with Gasteiger partial charge in [-0.3, -0.25) is 9.97 Å².